The van der Waals surface area contributed by atoms with Gasteiger partial charge in [-0.1, -0.05) is 19.3 Å². The fourth-order valence-electron chi connectivity index (χ4n) is 5.37. The molecule has 1 aliphatic rings. The van der Waals surface area contributed by atoms with Crippen LogP contribution < -0.4 is 5.32 Å². The molecule has 0 spiro atoms. The van der Waals surface area contributed by atoms with Crippen LogP contribution in [0.3, 0.4) is 0 Å². The lowest BCUT2D eigenvalue weighted by atomic mass is 9.88. The van der Waals surface area contributed by atoms with Crippen molar-refractivity contribution < 1.29 is 4.79 Å². The van der Waals surface area contributed by atoms with E-state index in [4.69, 9.17) is 0 Å². The third-order valence-electron chi connectivity index (χ3n) is 7.36. The van der Waals surface area contributed by atoms with Gasteiger partial charge in [0.2, 0.25) is 5.91 Å². The third kappa shape index (κ3) is 4.14. The number of aromatic amines is 2. The van der Waals surface area contributed by atoms with Gasteiger partial charge in [-0.15, -0.1) is 0 Å². The second-order valence-corrected chi connectivity index (χ2v) is 10.6. The first kappa shape index (κ1) is 22.8. The van der Waals surface area contributed by atoms with Gasteiger partial charge in [-0.25, -0.2) is 9.97 Å². The zero-order chi connectivity index (χ0) is 25.5. The summed E-state index contributed by atoms with van der Waals surface area (Å²) >= 11 is 1.68. The normalized spacial score (nSPS) is 14.3. The highest BCUT2D eigenvalue weighted by molar-refractivity contribution is 7.08. The molecule has 9 heteroatoms. The van der Waals surface area contributed by atoms with Crippen molar-refractivity contribution in [2.75, 3.05) is 5.32 Å². The van der Waals surface area contributed by atoms with Gasteiger partial charge < -0.3 is 10.3 Å². The first-order valence-corrected chi connectivity index (χ1v) is 13.8. The largest absolute Gasteiger partial charge is 0.338 e. The summed E-state index contributed by atoms with van der Waals surface area (Å²) in [6, 6.07) is 10.3. The molecule has 3 N–H and O–H groups in total. The summed E-state index contributed by atoms with van der Waals surface area (Å²) in [7, 11) is 0. The van der Waals surface area contributed by atoms with E-state index < -0.39 is 0 Å². The van der Waals surface area contributed by atoms with E-state index in [1.54, 1.807) is 29.9 Å². The molecule has 0 aromatic carbocycles. The first-order chi connectivity index (χ1) is 18.7. The Balaban J connectivity index is 1.23. The average Bonchev–Trinajstić information content (AvgIpc) is 3.73. The smallest absolute Gasteiger partial charge is 0.227 e. The van der Waals surface area contributed by atoms with Gasteiger partial charge in [-0.2, -0.15) is 16.4 Å². The van der Waals surface area contributed by atoms with Crippen molar-refractivity contribution in [2.24, 2.45) is 5.92 Å². The Morgan fingerprint density at radius 1 is 0.947 bits per heavy atom. The minimum absolute atomic E-state index is 0.0867. The quantitative estimate of drug-likeness (QED) is 0.232. The van der Waals surface area contributed by atoms with Crippen LogP contribution >= 0.6 is 11.3 Å². The summed E-state index contributed by atoms with van der Waals surface area (Å²) in [5.74, 6) is 0.175. The van der Waals surface area contributed by atoms with Crippen LogP contribution in [0.4, 0.5) is 5.69 Å². The maximum absolute atomic E-state index is 12.8. The molecular formula is C29H25N7OS. The number of pyridine rings is 3. The van der Waals surface area contributed by atoms with Gasteiger partial charge in [0.25, 0.3) is 0 Å². The Bertz CT molecular complexity index is 1760. The highest BCUT2D eigenvalue weighted by atomic mass is 32.1. The van der Waals surface area contributed by atoms with Crippen molar-refractivity contribution in [1.29, 1.82) is 0 Å². The molecule has 6 aromatic rings. The van der Waals surface area contributed by atoms with Gasteiger partial charge in [0.15, 0.2) is 5.65 Å². The summed E-state index contributed by atoms with van der Waals surface area (Å²) in [5.41, 5.74) is 7.98. The van der Waals surface area contributed by atoms with Crippen molar-refractivity contribution in [3.63, 3.8) is 0 Å². The van der Waals surface area contributed by atoms with E-state index in [1.165, 1.54) is 12.0 Å². The zero-order valence-corrected chi connectivity index (χ0v) is 21.4. The van der Waals surface area contributed by atoms with Gasteiger partial charge in [-0.3, -0.25) is 14.9 Å². The molecule has 6 heterocycles. The number of hydrogen-bond acceptors (Lipinski definition) is 6. The standard InChI is InChI=1S/C29H25N7OS/c37-29(17-4-2-1-3-5-17)33-21-10-19(13-30-15-21)20-11-24-26(35-36-28(24)32-14-20)25-12-23-22(18-7-9-38-16-18)6-8-31-27(23)34-25/h6-17H,1-5H2,(H,31,34)(H,33,37)(H,32,35,36). The number of hydrogen-bond donors (Lipinski definition) is 3. The van der Waals surface area contributed by atoms with Crippen LogP contribution in [0.5, 0.6) is 0 Å². The van der Waals surface area contributed by atoms with Gasteiger partial charge in [-0.05, 0) is 65.1 Å². The van der Waals surface area contributed by atoms with Crippen molar-refractivity contribution in [3.8, 4) is 33.6 Å². The van der Waals surface area contributed by atoms with Crippen molar-refractivity contribution >= 4 is 45.0 Å². The number of rotatable bonds is 5. The molecule has 1 saturated carbocycles. The fraction of sp³-hybridized carbons (Fsp3) is 0.207. The number of nitrogens with zero attached hydrogens (tertiary/aromatic N) is 4. The average molecular weight is 520 g/mol. The van der Waals surface area contributed by atoms with Crippen molar-refractivity contribution in [2.45, 2.75) is 32.1 Å². The molecule has 0 atom stereocenters. The number of thiophene rings is 1. The highest BCUT2D eigenvalue weighted by Gasteiger charge is 2.21. The second kappa shape index (κ2) is 9.50. The maximum atomic E-state index is 12.8. The van der Waals surface area contributed by atoms with Gasteiger partial charge in [0.1, 0.15) is 5.65 Å². The number of nitrogens with one attached hydrogen (secondary N) is 3. The molecule has 6 aromatic heterocycles. The number of anilines is 1. The van der Waals surface area contributed by atoms with Gasteiger partial charge >= 0.3 is 0 Å². The zero-order valence-electron chi connectivity index (χ0n) is 20.6. The Morgan fingerprint density at radius 3 is 2.71 bits per heavy atom. The molecule has 0 unspecified atom stereocenters. The molecule has 0 bridgehead atoms. The highest BCUT2D eigenvalue weighted by Crippen LogP contribution is 2.35. The molecule has 0 radical (unpaired) electrons. The fourth-order valence-corrected chi connectivity index (χ4v) is 6.03. The number of carbonyl (C=O) groups is 1. The summed E-state index contributed by atoms with van der Waals surface area (Å²) in [4.78, 5) is 29.7. The van der Waals surface area contributed by atoms with Crippen LogP contribution in [0.15, 0.2) is 65.9 Å². The molecule has 1 amide bonds. The predicted octanol–water partition coefficient (Wildman–Crippen LogP) is 6.81. The molecule has 188 valence electrons. The molecular weight excluding hydrogens is 494 g/mol. The van der Waals surface area contributed by atoms with Crippen LogP contribution in [0.1, 0.15) is 32.1 Å². The Kier molecular flexibility index (Phi) is 5.70. The molecule has 0 aliphatic heterocycles. The maximum Gasteiger partial charge on any atom is 0.227 e. The topological polar surface area (TPSA) is 112 Å². The van der Waals surface area contributed by atoms with E-state index in [0.29, 0.717) is 11.3 Å². The summed E-state index contributed by atoms with van der Waals surface area (Å²) < 4.78 is 0. The Labute approximate surface area is 222 Å². The van der Waals surface area contributed by atoms with E-state index in [2.05, 4.69) is 64.4 Å². The Hall–Kier alpha value is -4.37. The minimum atomic E-state index is 0.0867. The SMILES string of the molecule is O=C(Nc1cncc(-c2cnc3n[nH]c(-c4cc5c(-c6ccsc6)ccnc5[nH]4)c3c2)c1)C1CCCCC1. The van der Waals surface area contributed by atoms with Crippen LogP contribution in [-0.4, -0.2) is 36.0 Å². The van der Waals surface area contributed by atoms with E-state index >= 15 is 0 Å². The molecule has 38 heavy (non-hydrogen) atoms. The monoisotopic (exact) mass is 519 g/mol. The van der Waals surface area contributed by atoms with E-state index in [0.717, 1.165) is 70.2 Å². The lowest BCUT2D eigenvalue weighted by molar-refractivity contribution is -0.120. The molecule has 7 rings (SSSR count). The van der Waals surface area contributed by atoms with Crippen LogP contribution in [0.2, 0.25) is 0 Å². The van der Waals surface area contributed by atoms with Crippen molar-refractivity contribution in [1.82, 2.24) is 30.1 Å². The van der Waals surface area contributed by atoms with Crippen molar-refractivity contribution in [3.05, 3.63) is 65.9 Å². The molecule has 1 aliphatic carbocycles. The third-order valence-corrected chi connectivity index (χ3v) is 8.04. The van der Waals surface area contributed by atoms with E-state index in [9.17, 15) is 4.79 Å². The lowest BCUT2D eigenvalue weighted by Crippen LogP contribution is -2.24. The van der Waals surface area contributed by atoms with Gasteiger partial charge in [0.05, 0.1) is 23.3 Å². The number of amides is 1. The van der Waals surface area contributed by atoms with Crippen LogP contribution in [0.25, 0.3) is 55.7 Å². The van der Waals surface area contributed by atoms with Gasteiger partial charge in [0, 0.05) is 46.4 Å². The summed E-state index contributed by atoms with van der Waals surface area (Å²) in [6.45, 7) is 0. The van der Waals surface area contributed by atoms with E-state index in [1.807, 2.05) is 18.3 Å². The number of fused-ring (bicyclic) bond motifs is 2. The van der Waals surface area contributed by atoms with E-state index in [-0.39, 0.29) is 11.8 Å². The summed E-state index contributed by atoms with van der Waals surface area (Å²) in [6.07, 6.45) is 12.5. The van der Waals surface area contributed by atoms with Crippen LogP contribution in [-0.2, 0) is 4.79 Å². The Morgan fingerprint density at radius 2 is 1.84 bits per heavy atom. The molecule has 1 fully saturated rings. The second-order valence-electron chi connectivity index (χ2n) is 9.80. The first-order valence-electron chi connectivity index (χ1n) is 12.8. The van der Waals surface area contributed by atoms with Crippen LogP contribution in [0, 0.1) is 5.92 Å². The predicted molar refractivity (Wildman–Crippen MR) is 151 cm³/mol. The minimum Gasteiger partial charge on any atom is -0.338 e. The summed E-state index contributed by atoms with van der Waals surface area (Å²) in [5, 5.41) is 16.8. The lowest BCUT2D eigenvalue weighted by Gasteiger charge is -2.20. The number of carbonyl (C=O) groups excluding carboxylic acids is 1. The molecule has 8 nitrogen and oxygen atoms in total. The molecule has 0 saturated heterocycles. The number of aromatic nitrogens is 6. The number of H-pyrrole nitrogens is 2.